The lowest BCUT2D eigenvalue weighted by Gasteiger charge is -2.18. The van der Waals surface area contributed by atoms with E-state index in [9.17, 15) is 4.79 Å². The van der Waals surface area contributed by atoms with Crippen molar-refractivity contribution in [3.8, 4) is 11.5 Å². The van der Waals surface area contributed by atoms with Crippen LogP contribution in [0, 0.1) is 5.92 Å². The molecule has 0 aromatic heterocycles. The fourth-order valence-electron chi connectivity index (χ4n) is 2.78. The summed E-state index contributed by atoms with van der Waals surface area (Å²) in [4.78, 5) is 14.4. The average molecular weight is 385 g/mol. The van der Waals surface area contributed by atoms with Crippen LogP contribution in [0.4, 0.5) is 0 Å². The van der Waals surface area contributed by atoms with Crippen LogP contribution in [0.2, 0.25) is 0 Å². The fraction of sp³-hybridized carbons (Fsp3) is 0.588. The number of carbonyl (C=O) groups is 1. The summed E-state index contributed by atoms with van der Waals surface area (Å²) in [6.45, 7) is 7.20. The summed E-state index contributed by atoms with van der Waals surface area (Å²) >= 11 is 3.54. The molecule has 0 radical (unpaired) electrons. The average Bonchev–Trinajstić information content (AvgIpc) is 3.01. The van der Waals surface area contributed by atoms with Crippen LogP contribution in [0.25, 0.3) is 0 Å². The molecule has 0 saturated carbocycles. The molecule has 2 rings (SSSR count). The van der Waals surface area contributed by atoms with Gasteiger partial charge in [-0.3, -0.25) is 4.79 Å². The van der Waals surface area contributed by atoms with Gasteiger partial charge in [0.2, 0.25) is 5.91 Å². The van der Waals surface area contributed by atoms with Crippen molar-refractivity contribution in [1.29, 1.82) is 0 Å². The molecule has 1 amide bonds. The van der Waals surface area contributed by atoms with Crippen molar-refractivity contribution < 1.29 is 14.3 Å². The highest BCUT2D eigenvalue weighted by molar-refractivity contribution is 9.10. The van der Waals surface area contributed by atoms with Gasteiger partial charge >= 0.3 is 0 Å². The first-order valence-corrected chi connectivity index (χ1v) is 8.94. The SMILES string of the molecule is CCOc1cc(Br)c(CC(=O)N2CC[C@H](CN)C2)cc1OCC. The van der Waals surface area contributed by atoms with Gasteiger partial charge in [-0.15, -0.1) is 0 Å². The molecule has 23 heavy (non-hydrogen) atoms. The number of hydrogen-bond acceptors (Lipinski definition) is 4. The van der Waals surface area contributed by atoms with E-state index in [4.69, 9.17) is 15.2 Å². The number of amides is 1. The van der Waals surface area contributed by atoms with Crippen LogP contribution in [0.5, 0.6) is 11.5 Å². The first-order chi connectivity index (χ1) is 11.1. The van der Waals surface area contributed by atoms with E-state index in [-0.39, 0.29) is 5.91 Å². The first kappa shape index (κ1) is 18.1. The smallest absolute Gasteiger partial charge is 0.227 e. The minimum absolute atomic E-state index is 0.133. The van der Waals surface area contributed by atoms with Gasteiger partial charge in [0.25, 0.3) is 0 Å². The van der Waals surface area contributed by atoms with Gasteiger partial charge in [-0.1, -0.05) is 15.9 Å². The number of benzene rings is 1. The highest BCUT2D eigenvalue weighted by Crippen LogP contribution is 2.34. The van der Waals surface area contributed by atoms with Gasteiger partial charge in [-0.2, -0.15) is 0 Å². The number of nitrogens with two attached hydrogens (primary N) is 1. The normalized spacial score (nSPS) is 17.4. The lowest BCUT2D eigenvalue weighted by molar-refractivity contribution is -0.129. The summed E-state index contributed by atoms with van der Waals surface area (Å²) in [5.41, 5.74) is 6.61. The zero-order valence-electron chi connectivity index (χ0n) is 13.8. The van der Waals surface area contributed by atoms with Gasteiger partial charge in [-0.25, -0.2) is 0 Å². The van der Waals surface area contributed by atoms with Gasteiger partial charge < -0.3 is 20.1 Å². The molecule has 128 valence electrons. The monoisotopic (exact) mass is 384 g/mol. The molecule has 0 spiro atoms. The van der Waals surface area contributed by atoms with E-state index in [1.807, 2.05) is 30.9 Å². The molecule has 1 fully saturated rings. The Morgan fingerprint density at radius 2 is 1.96 bits per heavy atom. The van der Waals surface area contributed by atoms with Crippen molar-refractivity contribution in [2.45, 2.75) is 26.7 Å². The summed E-state index contributed by atoms with van der Waals surface area (Å²) in [6, 6.07) is 3.77. The number of likely N-dealkylation sites (tertiary alicyclic amines) is 1. The molecule has 1 aliphatic heterocycles. The molecule has 0 unspecified atom stereocenters. The molecule has 1 saturated heterocycles. The Kier molecular flexibility index (Phi) is 6.72. The number of nitrogens with zero attached hydrogens (tertiary/aromatic N) is 1. The molecule has 1 aliphatic rings. The van der Waals surface area contributed by atoms with Crippen LogP contribution in [0.1, 0.15) is 25.8 Å². The second-order valence-corrected chi connectivity index (χ2v) is 6.52. The third-order valence-electron chi connectivity index (χ3n) is 4.03. The maximum absolute atomic E-state index is 12.5. The van der Waals surface area contributed by atoms with Crippen molar-refractivity contribution in [3.05, 3.63) is 22.2 Å². The molecule has 0 aliphatic carbocycles. The maximum atomic E-state index is 12.5. The predicted octanol–water partition coefficient (Wildman–Crippen LogP) is 2.60. The summed E-state index contributed by atoms with van der Waals surface area (Å²) in [5.74, 6) is 1.94. The Labute approximate surface area is 146 Å². The number of rotatable bonds is 7. The van der Waals surface area contributed by atoms with Gasteiger partial charge in [0, 0.05) is 17.6 Å². The van der Waals surface area contributed by atoms with Crippen LogP contribution in [-0.2, 0) is 11.2 Å². The predicted molar refractivity (Wildman–Crippen MR) is 93.9 cm³/mol. The third kappa shape index (κ3) is 4.61. The topological polar surface area (TPSA) is 64.8 Å². The Bertz CT molecular complexity index is 551. The second kappa shape index (κ2) is 8.55. The van der Waals surface area contributed by atoms with Crippen molar-refractivity contribution >= 4 is 21.8 Å². The van der Waals surface area contributed by atoms with E-state index in [1.54, 1.807) is 0 Å². The molecule has 6 heteroatoms. The Hall–Kier alpha value is -1.27. The van der Waals surface area contributed by atoms with Gasteiger partial charge in [0.1, 0.15) is 0 Å². The maximum Gasteiger partial charge on any atom is 0.227 e. The van der Waals surface area contributed by atoms with Crippen LogP contribution >= 0.6 is 15.9 Å². The zero-order valence-corrected chi connectivity index (χ0v) is 15.4. The number of carbonyl (C=O) groups excluding carboxylic acids is 1. The number of hydrogen-bond donors (Lipinski definition) is 1. The van der Waals surface area contributed by atoms with E-state index in [1.165, 1.54) is 0 Å². The quantitative estimate of drug-likeness (QED) is 0.784. The Morgan fingerprint density at radius 1 is 1.30 bits per heavy atom. The Morgan fingerprint density at radius 3 is 2.52 bits per heavy atom. The largest absolute Gasteiger partial charge is 0.490 e. The van der Waals surface area contributed by atoms with Crippen molar-refractivity contribution in [2.24, 2.45) is 11.7 Å². The molecule has 1 atom stereocenters. The van der Waals surface area contributed by atoms with E-state index in [0.29, 0.717) is 43.6 Å². The van der Waals surface area contributed by atoms with E-state index in [0.717, 1.165) is 29.5 Å². The van der Waals surface area contributed by atoms with Crippen molar-refractivity contribution in [1.82, 2.24) is 4.90 Å². The summed E-state index contributed by atoms with van der Waals surface area (Å²) < 4.78 is 12.1. The molecule has 0 bridgehead atoms. The molecular weight excluding hydrogens is 360 g/mol. The Balaban J connectivity index is 2.12. The lowest BCUT2D eigenvalue weighted by atomic mass is 10.1. The van der Waals surface area contributed by atoms with Gasteiger partial charge in [-0.05, 0) is 50.4 Å². The number of halogens is 1. The highest BCUT2D eigenvalue weighted by Gasteiger charge is 2.25. The highest BCUT2D eigenvalue weighted by atomic mass is 79.9. The van der Waals surface area contributed by atoms with Crippen LogP contribution in [0.3, 0.4) is 0 Å². The van der Waals surface area contributed by atoms with Crippen LogP contribution in [-0.4, -0.2) is 43.7 Å². The molecule has 2 N–H and O–H groups in total. The van der Waals surface area contributed by atoms with Crippen LogP contribution in [0.15, 0.2) is 16.6 Å². The third-order valence-corrected chi connectivity index (χ3v) is 4.76. The van der Waals surface area contributed by atoms with Crippen LogP contribution < -0.4 is 15.2 Å². The van der Waals surface area contributed by atoms with Crippen molar-refractivity contribution in [3.63, 3.8) is 0 Å². The first-order valence-electron chi connectivity index (χ1n) is 8.14. The number of ether oxygens (including phenoxy) is 2. The molecule has 1 aromatic rings. The summed E-state index contributed by atoms with van der Waals surface area (Å²) in [7, 11) is 0. The molecular formula is C17H25BrN2O3. The van der Waals surface area contributed by atoms with Crippen molar-refractivity contribution in [2.75, 3.05) is 32.8 Å². The van der Waals surface area contributed by atoms with Gasteiger partial charge in [0.05, 0.1) is 19.6 Å². The molecule has 1 heterocycles. The fourth-order valence-corrected chi connectivity index (χ4v) is 3.24. The zero-order chi connectivity index (χ0) is 16.8. The molecule has 1 aromatic carbocycles. The standard InChI is InChI=1S/C17H25BrN2O3/c1-3-22-15-7-13(14(18)9-16(15)23-4-2)8-17(21)20-6-5-12(10-19)11-20/h7,9,12H,3-6,8,10-11,19H2,1-2H3/t12-/m1/s1. The lowest BCUT2D eigenvalue weighted by Crippen LogP contribution is -2.31. The summed E-state index contributed by atoms with van der Waals surface area (Å²) in [6.07, 6.45) is 1.35. The summed E-state index contributed by atoms with van der Waals surface area (Å²) in [5, 5.41) is 0. The molecule has 5 nitrogen and oxygen atoms in total. The van der Waals surface area contributed by atoms with E-state index < -0.39 is 0 Å². The minimum atomic E-state index is 0.133. The van der Waals surface area contributed by atoms with E-state index in [2.05, 4.69) is 15.9 Å². The minimum Gasteiger partial charge on any atom is -0.490 e. The van der Waals surface area contributed by atoms with Gasteiger partial charge in [0.15, 0.2) is 11.5 Å². The second-order valence-electron chi connectivity index (χ2n) is 5.66. The van der Waals surface area contributed by atoms with E-state index >= 15 is 0 Å².